The van der Waals surface area contributed by atoms with Gasteiger partial charge >= 0.3 is 0 Å². The van der Waals surface area contributed by atoms with Crippen LogP contribution in [0.4, 0.5) is 0 Å². The van der Waals surface area contributed by atoms with Crippen LogP contribution in [0.1, 0.15) is 142 Å². The highest BCUT2D eigenvalue weighted by atomic mass is 16.7. The fraction of sp³-hybridized carbons (Fsp3) is 1.00. The minimum Gasteiger partial charge on any atom is -0.350 e. The zero-order valence-corrected chi connectivity index (χ0v) is 19.5. The van der Waals surface area contributed by atoms with Gasteiger partial charge in [-0.05, 0) is 5.92 Å². The van der Waals surface area contributed by atoms with Crippen LogP contribution >= 0.6 is 0 Å². The SMILES string of the molecule is CCCCCCCCCCCCCCCCCCC(CCC)CC1OCCO1. The van der Waals surface area contributed by atoms with E-state index in [1.54, 1.807) is 0 Å². The molecule has 1 saturated heterocycles. The third kappa shape index (κ3) is 15.8. The van der Waals surface area contributed by atoms with Crippen molar-refractivity contribution in [2.45, 2.75) is 149 Å². The van der Waals surface area contributed by atoms with Gasteiger partial charge in [0.2, 0.25) is 0 Å². The van der Waals surface area contributed by atoms with E-state index in [0.717, 1.165) is 25.6 Å². The summed E-state index contributed by atoms with van der Waals surface area (Å²) in [7, 11) is 0. The van der Waals surface area contributed by atoms with Gasteiger partial charge in [0.15, 0.2) is 6.29 Å². The first kappa shape index (κ1) is 26.0. The van der Waals surface area contributed by atoms with Gasteiger partial charge in [0.05, 0.1) is 13.2 Å². The average molecular weight is 397 g/mol. The predicted octanol–water partition coefficient (Wildman–Crippen LogP) is 8.82. The lowest BCUT2D eigenvalue weighted by Crippen LogP contribution is -2.14. The first-order chi connectivity index (χ1) is 13.9. The van der Waals surface area contributed by atoms with Crippen LogP contribution in [-0.4, -0.2) is 19.5 Å². The van der Waals surface area contributed by atoms with Crippen molar-refractivity contribution in [3.63, 3.8) is 0 Å². The Balaban J connectivity index is 1.79. The van der Waals surface area contributed by atoms with Crippen LogP contribution in [-0.2, 0) is 9.47 Å². The predicted molar refractivity (Wildman–Crippen MR) is 123 cm³/mol. The van der Waals surface area contributed by atoms with E-state index >= 15 is 0 Å². The van der Waals surface area contributed by atoms with Gasteiger partial charge in [0.25, 0.3) is 0 Å². The van der Waals surface area contributed by atoms with Gasteiger partial charge in [-0.1, -0.05) is 136 Å². The summed E-state index contributed by atoms with van der Waals surface area (Å²) in [5.74, 6) is 0.805. The molecule has 0 saturated carbocycles. The Morgan fingerprint density at radius 1 is 0.536 bits per heavy atom. The van der Waals surface area contributed by atoms with Gasteiger partial charge in [0.1, 0.15) is 0 Å². The molecule has 1 heterocycles. The molecule has 1 rings (SSSR count). The van der Waals surface area contributed by atoms with Crippen LogP contribution in [0.3, 0.4) is 0 Å². The van der Waals surface area contributed by atoms with E-state index in [1.165, 1.54) is 122 Å². The van der Waals surface area contributed by atoms with Crippen LogP contribution < -0.4 is 0 Å². The van der Waals surface area contributed by atoms with Gasteiger partial charge in [-0.25, -0.2) is 0 Å². The van der Waals surface area contributed by atoms with E-state index in [2.05, 4.69) is 13.8 Å². The second-order valence-corrected chi connectivity index (χ2v) is 9.15. The highest BCUT2D eigenvalue weighted by Gasteiger charge is 2.20. The molecule has 0 aromatic carbocycles. The van der Waals surface area contributed by atoms with E-state index in [1.807, 2.05) is 0 Å². The third-order valence-corrected chi connectivity index (χ3v) is 6.38. The third-order valence-electron chi connectivity index (χ3n) is 6.38. The lowest BCUT2D eigenvalue weighted by atomic mass is 9.92. The molecule has 0 radical (unpaired) electrons. The molecule has 0 aromatic heterocycles. The molecule has 1 aliphatic rings. The molecule has 0 spiro atoms. The Labute approximate surface area is 177 Å². The standard InChI is InChI=1S/C26H52O2/c1-3-5-6-7-8-9-10-11-12-13-14-15-16-17-18-19-21-25(20-4-2)24-26-27-22-23-28-26/h25-26H,3-24H2,1-2H3. The molecule has 0 aliphatic carbocycles. The van der Waals surface area contributed by atoms with Gasteiger partial charge in [0, 0.05) is 6.42 Å². The summed E-state index contributed by atoms with van der Waals surface area (Å²) in [4.78, 5) is 0. The molecule has 28 heavy (non-hydrogen) atoms. The summed E-state index contributed by atoms with van der Waals surface area (Å²) in [5.41, 5.74) is 0. The Morgan fingerprint density at radius 3 is 1.39 bits per heavy atom. The monoisotopic (exact) mass is 396 g/mol. The number of ether oxygens (including phenoxy) is 2. The summed E-state index contributed by atoms with van der Waals surface area (Å²) >= 11 is 0. The van der Waals surface area contributed by atoms with Crippen LogP contribution in [0.15, 0.2) is 0 Å². The van der Waals surface area contributed by atoms with Gasteiger partial charge in [-0.2, -0.15) is 0 Å². The molecular formula is C26H52O2. The van der Waals surface area contributed by atoms with Crippen molar-refractivity contribution in [2.24, 2.45) is 5.92 Å². The molecular weight excluding hydrogens is 344 g/mol. The summed E-state index contributed by atoms with van der Waals surface area (Å²) in [5, 5.41) is 0. The Hall–Kier alpha value is -0.0800. The molecule has 0 aromatic rings. The van der Waals surface area contributed by atoms with Crippen molar-refractivity contribution in [1.29, 1.82) is 0 Å². The lowest BCUT2D eigenvalue weighted by molar-refractivity contribution is -0.0584. The average Bonchev–Trinajstić information content (AvgIpc) is 3.21. The number of unbranched alkanes of at least 4 members (excludes halogenated alkanes) is 15. The fourth-order valence-corrected chi connectivity index (χ4v) is 4.58. The maximum absolute atomic E-state index is 5.64. The quantitative estimate of drug-likeness (QED) is 0.180. The van der Waals surface area contributed by atoms with E-state index in [9.17, 15) is 0 Å². The van der Waals surface area contributed by atoms with Crippen molar-refractivity contribution in [3.8, 4) is 0 Å². The van der Waals surface area contributed by atoms with Crippen molar-refractivity contribution < 1.29 is 9.47 Å². The molecule has 1 unspecified atom stereocenters. The van der Waals surface area contributed by atoms with Crippen LogP contribution in [0, 0.1) is 5.92 Å². The summed E-state index contributed by atoms with van der Waals surface area (Å²) < 4.78 is 11.3. The molecule has 2 heteroatoms. The van der Waals surface area contributed by atoms with E-state index in [0.29, 0.717) is 0 Å². The minimum atomic E-state index is 0.0950. The molecule has 1 atom stereocenters. The van der Waals surface area contributed by atoms with E-state index in [4.69, 9.17) is 9.47 Å². The maximum atomic E-state index is 5.64. The van der Waals surface area contributed by atoms with Crippen LogP contribution in [0.2, 0.25) is 0 Å². The summed E-state index contributed by atoms with van der Waals surface area (Å²) in [6.07, 6.45) is 28.4. The van der Waals surface area contributed by atoms with Crippen molar-refractivity contribution >= 4 is 0 Å². The highest BCUT2D eigenvalue weighted by molar-refractivity contribution is 4.64. The largest absolute Gasteiger partial charge is 0.350 e. The zero-order chi connectivity index (χ0) is 20.1. The molecule has 1 fully saturated rings. The highest BCUT2D eigenvalue weighted by Crippen LogP contribution is 2.24. The van der Waals surface area contributed by atoms with E-state index in [-0.39, 0.29) is 6.29 Å². The smallest absolute Gasteiger partial charge is 0.158 e. The Morgan fingerprint density at radius 2 is 0.964 bits per heavy atom. The normalized spacial score (nSPS) is 16.1. The maximum Gasteiger partial charge on any atom is 0.158 e. The first-order valence-electron chi connectivity index (χ1n) is 13.1. The minimum absolute atomic E-state index is 0.0950. The second kappa shape index (κ2) is 20.2. The molecule has 168 valence electrons. The molecule has 0 amide bonds. The van der Waals surface area contributed by atoms with Crippen molar-refractivity contribution in [2.75, 3.05) is 13.2 Å². The first-order valence-corrected chi connectivity index (χ1v) is 13.1. The van der Waals surface area contributed by atoms with Crippen molar-refractivity contribution in [1.82, 2.24) is 0 Å². The second-order valence-electron chi connectivity index (χ2n) is 9.15. The number of hydrogen-bond donors (Lipinski definition) is 0. The van der Waals surface area contributed by atoms with Crippen LogP contribution in [0.25, 0.3) is 0 Å². The summed E-state index contributed by atoms with van der Waals surface area (Å²) in [6, 6.07) is 0. The molecule has 0 bridgehead atoms. The zero-order valence-electron chi connectivity index (χ0n) is 19.5. The van der Waals surface area contributed by atoms with Crippen LogP contribution in [0.5, 0.6) is 0 Å². The van der Waals surface area contributed by atoms with Gasteiger partial charge in [-0.15, -0.1) is 0 Å². The van der Waals surface area contributed by atoms with E-state index < -0.39 is 0 Å². The Kier molecular flexibility index (Phi) is 18.7. The molecule has 2 nitrogen and oxygen atoms in total. The van der Waals surface area contributed by atoms with Gasteiger partial charge in [-0.3, -0.25) is 0 Å². The number of rotatable bonds is 21. The molecule has 1 aliphatic heterocycles. The number of hydrogen-bond acceptors (Lipinski definition) is 2. The topological polar surface area (TPSA) is 18.5 Å². The van der Waals surface area contributed by atoms with Gasteiger partial charge < -0.3 is 9.47 Å². The molecule has 0 N–H and O–H groups in total. The summed E-state index contributed by atoms with van der Waals surface area (Å²) in [6.45, 7) is 6.19. The van der Waals surface area contributed by atoms with Crippen molar-refractivity contribution in [3.05, 3.63) is 0 Å². The fourth-order valence-electron chi connectivity index (χ4n) is 4.58. The Bertz CT molecular complexity index is 299. The lowest BCUT2D eigenvalue weighted by Gasteiger charge is -2.19.